The van der Waals surface area contributed by atoms with Crippen LogP contribution in [0.25, 0.3) is 0 Å². The first-order valence-electron chi connectivity index (χ1n) is 9.06. The number of hydrogen-bond donors (Lipinski definition) is 1. The van der Waals surface area contributed by atoms with E-state index in [0.29, 0.717) is 37.0 Å². The fourth-order valence-electron chi connectivity index (χ4n) is 2.89. The Balaban J connectivity index is 1.56. The van der Waals surface area contributed by atoms with Gasteiger partial charge >= 0.3 is 0 Å². The quantitative estimate of drug-likeness (QED) is 0.797. The third-order valence-electron chi connectivity index (χ3n) is 4.43. The maximum Gasteiger partial charge on any atom is 0.255 e. The molecule has 1 unspecified atom stereocenters. The summed E-state index contributed by atoms with van der Waals surface area (Å²) in [4.78, 5) is 27.0. The van der Waals surface area contributed by atoms with Crippen molar-refractivity contribution in [3.8, 4) is 0 Å². The van der Waals surface area contributed by atoms with E-state index in [0.717, 1.165) is 11.1 Å². The lowest BCUT2D eigenvalue weighted by Crippen LogP contribution is -2.47. The van der Waals surface area contributed by atoms with E-state index < -0.39 is 6.04 Å². The van der Waals surface area contributed by atoms with Crippen LogP contribution in [-0.2, 0) is 22.7 Å². The molecule has 6 heteroatoms. The molecular weight excluding hydrogens is 360 g/mol. The lowest BCUT2D eigenvalue weighted by Gasteiger charge is -2.23. The highest BCUT2D eigenvalue weighted by atomic mass is 32.2. The minimum atomic E-state index is -0.431. The molecule has 142 valence electrons. The third kappa shape index (κ3) is 5.11. The van der Waals surface area contributed by atoms with Crippen molar-refractivity contribution in [3.05, 3.63) is 71.3 Å². The summed E-state index contributed by atoms with van der Waals surface area (Å²) >= 11 is 1.60. The van der Waals surface area contributed by atoms with Crippen molar-refractivity contribution in [1.29, 1.82) is 0 Å². The molecule has 0 aromatic heterocycles. The van der Waals surface area contributed by atoms with Crippen molar-refractivity contribution in [1.82, 2.24) is 10.2 Å². The molecule has 0 aliphatic carbocycles. The average molecular weight is 385 g/mol. The van der Waals surface area contributed by atoms with E-state index in [2.05, 4.69) is 5.32 Å². The van der Waals surface area contributed by atoms with Gasteiger partial charge in [0.1, 0.15) is 6.04 Å². The molecule has 2 aromatic carbocycles. The van der Waals surface area contributed by atoms with Crippen LogP contribution in [0.15, 0.2) is 54.6 Å². The van der Waals surface area contributed by atoms with Crippen LogP contribution in [0.1, 0.15) is 28.4 Å². The molecule has 1 saturated heterocycles. The number of rotatable bonds is 7. The van der Waals surface area contributed by atoms with Crippen LogP contribution >= 0.6 is 11.8 Å². The molecule has 0 radical (unpaired) electrons. The van der Waals surface area contributed by atoms with Crippen LogP contribution < -0.4 is 5.32 Å². The Labute approximate surface area is 164 Å². The Hall–Kier alpha value is -2.31. The standard InChI is InChI=1S/C21H24N2O3S/c1-2-26-13-17-10-8-16(9-11-17)12-22-20(24)19-14-27-15-23(19)21(25)18-6-4-3-5-7-18/h3-11,19H,2,12-15H2,1H3,(H,22,24). The smallest absolute Gasteiger partial charge is 0.255 e. The molecule has 0 spiro atoms. The summed E-state index contributed by atoms with van der Waals surface area (Å²) in [5.41, 5.74) is 2.75. The van der Waals surface area contributed by atoms with Gasteiger partial charge in [0.15, 0.2) is 0 Å². The Morgan fingerprint density at radius 2 is 1.81 bits per heavy atom. The van der Waals surface area contributed by atoms with Crippen molar-refractivity contribution in [2.24, 2.45) is 0 Å². The average Bonchev–Trinajstić information content (AvgIpc) is 3.21. The molecule has 3 rings (SSSR count). The molecule has 1 fully saturated rings. The highest BCUT2D eigenvalue weighted by molar-refractivity contribution is 7.99. The monoisotopic (exact) mass is 384 g/mol. The number of carbonyl (C=O) groups is 2. The van der Waals surface area contributed by atoms with Gasteiger partial charge in [-0.15, -0.1) is 11.8 Å². The summed E-state index contributed by atoms with van der Waals surface area (Å²) in [5.74, 6) is 0.957. The van der Waals surface area contributed by atoms with E-state index in [1.807, 2.05) is 49.4 Å². The Morgan fingerprint density at radius 1 is 1.11 bits per heavy atom. The lowest BCUT2D eigenvalue weighted by atomic mass is 10.1. The predicted octanol–water partition coefficient (Wildman–Crippen LogP) is 3.05. The number of nitrogens with one attached hydrogen (secondary N) is 1. The van der Waals surface area contributed by atoms with Crippen molar-refractivity contribution in [2.75, 3.05) is 18.2 Å². The van der Waals surface area contributed by atoms with Gasteiger partial charge in [0, 0.05) is 24.5 Å². The summed E-state index contributed by atoms with van der Waals surface area (Å²) in [6.45, 7) is 3.70. The molecule has 1 atom stereocenters. The number of hydrogen-bond acceptors (Lipinski definition) is 4. The Kier molecular flexibility index (Phi) is 6.90. The van der Waals surface area contributed by atoms with Gasteiger partial charge in [-0.1, -0.05) is 42.5 Å². The second-order valence-corrected chi connectivity index (χ2v) is 7.33. The SMILES string of the molecule is CCOCc1ccc(CNC(=O)C2CSCN2C(=O)c2ccccc2)cc1. The van der Waals surface area contributed by atoms with Crippen LogP contribution in [0.3, 0.4) is 0 Å². The molecule has 2 aromatic rings. The highest BCUT2D eigenvalue weighted by Gasteiger charge is 2.34. The topological polar surface area (TPSA) is 58.6 Å². The summed E-state index contributed by atoms with van der Waals surface area (Å²) in [6.07, 6.45) is 0. The second kappa shape index (κ2) is 9.58. The number of amides is 2. The number of carbonyl (C=O) groups excluding carboxylic acids is 2. The summed E-state index contributed by atoms with van der Waals surface area (Å²) in [5, 5.41) is 2.96. The van der Waals surface area contributed by atoms with Crippen LogP contribution in [-0.4, -0.2) is 41.0 Å². The number of thioether (sulfide) groups is 1. The number of nitrogens with zero attached hydrogens (tertiary/aromatic N) is 1. The zero-order chi connectivity index (χ0) is 19.1. The van der Waals surface area contributed by atoms with E-state index in [-0.39, 0.29) is 11.8 Å². The first kappa shape index (κ1) is 19.5. The van der Waals surface area contributed by atoms with Crippen LogP contribution in [0.2, 0.25) is 0 Å². The predicted molar refractivity (Wildman–Crippen MR) is 107 cm³/mol. The second-order valence-electron chi connectivity index (χ2n) is 6.33. The molecule has 1 N–H and O–H groups in total. The minimum Gasteiger partial charge on any atom is -0.377 e. The van der Waals surface area contributed by atoms with Crippen LogP contribution in [0.5, 0.6) is 0 Å². The lowest BCUT2D eigenvalue weighted by molar-refractivity contribution is -0.124. The summed E-state index contributed by atoms with van der Waals surface area (Å²) < 4.78 is 5.39. The van der Waals surface area contributed by atoms with Crippen molar-refractivity contribution < 1.29 is 14.3 Å². The van der Waals surface area contributed by atoms with Gasteiger partial charge in [0.25, 0.3) is 5.91 Å². The molecule has 0 bridgehead atoms. The van der Waals surface area contributed by atoms with E-state index in [1.165, 1.54) is 0 Å². The third-order valence-corrected chi connectivity index (χ3v) is 5.44. The fraction of sp³-hybridized carbons (Fsp3) is 0.333. The summed E-state index contributed by atoms with van der Waals surface area (Å²) in [7, 11) is 0. The molecule has 1 aliphatic heterocycles. The van der Waals surface area contributed by atoms with Gasteiger partial charge in [-0.2, -0.15) is 0 Å². The zero-order valence-electron chi connectivity index (χ0n) is 15.4. The molecule has 2 amide bonds. The largest absolute Gasteiger partial charge is 0.377 e. The summed E-state index contributed by atoms with van der Waals surface area (Å²) in [6, 6.07) is 16.7. The Morgan fingerprint density at radius 3 is 2.52 bits per heavy atom. The number of ether oxygens (including phenoxy) is 1. The zero-order valence-corrected chi connectivity index (χ0v) is 16.2. The van der Waals surface area contributed by atoms with Crippen molar-refractivity contribution >= 4 is 23.6 Å². The molecule has 1 aliphatic rings. The normalized spacial score (nSPS) is 16.3. The van der Waals surface area contributed by atoms with E-state index in [1.54, 1.807) is 28.8 Å². The van der Waals surface area contributed by atoms with Gasteiger partial charge in [0.05, 0.1) is 12.5 Å². The van der Waals surface area contributed by atoms with Gasteiger partial charge in [-0.25, -0.2) is 0 Å². The van der Waals surface area contributed by atoms with E-state index in [4.69, 9.17) is 4.74 Å². The maximum atomic E-state index is 12.7. The van der Waals surface area contributed by atoms with Crippen LogP contribution in [0, 0.1) is 0 Å². The first-order valence-corrected chi connectivity index (χ1v) is 10.2. The fourth-order valence-corrected chi connectivity index (χ4v) is 4.04. The van der Waals surface area contributed by atoms with Gasteiger partial charge in [0.2, 0.25) is 5.91 Å². The molecular formula is C21H24N2O3S. The highest BCUT2D eigenvalue weighted by Crippen LogP contribution is 2.23. The van der Waals surface area contributed by atoms with Gasteiger partial charge < -0.3 is 15.0 Å². The minimum absolute atomic E-state index is 0.0963. The first-order chi connectivity index (χ1) is 13.2. The molecule has 5 nitrogen and oxygen atoms in total. The van der Waals surface area contributed by atoms with E-state index in [9.17, 15) is 9.59 Å². The molecule has 1 heterocycles. The van der Waals surface area contributed by atoms with Crippen molar-refractivity contribution in [3.63, 3.8) is 0 Å². The maximum absolute atomic E-state index is 12.7. The van der Waals surface area contributed by atoms with Crippen LogP contribution in [0.4, 0.5) is 0 Å². The number of benzene rings is 2. The molecule has 27 heavy (non-hydrogen) atoms. The van der Waals surface area contributed by atoms with E-state index >= 15 is 0 Å². The molecule has 0 saturated carbocycles. The van der Waals surface area contributed by atoms with Crippen molar-refractivity contribution in [2.45, 2.75) is 26.1 Å². The van der Waals surface area contributed by atoms with Gasteiger partial charge in [-0.05, 0) is 30.2 Å². The van der Waals surface area contributed by atoms with Gasteiger partial charge in [-0.3, -0.25) is 9.59 Å². The Bertz CT molecular complexity index is 765.